The van der Waals surface area contributed by atoms with E-state index >= 15 is 0 Å². The van der Waals surface area contributed by atoms with E-state index in [9.17, 15) is 13.2 Å². The van der Waals surface area contributed by atoms with E-state index in [4.69, 9.17) is 11.6 Å². The number of alkyl halides is 3. The summed E-state index contributed by atoms with van der Waals surface area (Å²) in [6, 6.07) is 0. The average Bonchev–Trinajstić information content (AvgIpc) is 2.18. The van der Waals surface area contributed by atoms with Crippen LogP contribution >= 0.6 is 11.6 Å². The van der Waals surface area contributed by atoms with Gasteiger partial charge in [0.1, 0.15) is 17.2 Å². The molecule has 0 bridgehead atoms. The number of unbranched alkanes of at least 4 members (excludes halogenated alkanes) is 1. The van der Waals surface area contributed by atoms with Gasteiger partial charge in [0.15, 0.2) is 0 Å². The van der Waals surface area contributed by atoms with Crippen molar-refractivity contribution in [2.45, 2.75) is 25.4 Å². The first-order valence-corrected chi connectivity index (χ1v) is 5.13. The fraction of sp³-hybridized carbons (Fsp3) is 0.556. The Kier molecular flexibility index (Phi) is 4.79. The minimum absolute atomic E-state index is 0.0964. The van der Waals surface area contributed by atoms with Gasteiger partial charge in [-0.15, -0.1) is 0 Å². The molecule has 1 heterocycles. The Hall–Kier alpha value is -1.04. The molecule has 0 atom stereocenters. The lowest BCUT2D eigenvalue weighted by Gasteiger charge is -2.07. The summed E-state index contributed by atoms with van der Waals surface area (Å²) in [6.07, 6.45) is -1.58. The van der Waals surface area contributed by atoms with Gasteiger partial charge < -0.3 is 5.32 Å². The summed E-state index contributed by atoms with van der Waals surface area (Å²) in [5, 5.41) is 3.21. The third kappa shape index (κ3) is 5.16. The molecule has 1 aromatic rings. The zero-order valence-electron chi connectivity index (χ0n) is 8.39. The van der Waals surface area contributed by atoms with Gasteiger partial charge in [-0.25, -0.2) is 9.97 Å². The molecule has 0 saturated heterocycles. The van der Waals surface area contributed by atoms with E-state index in [-0.39, 0.29) is 6.42 Å². The lowest BCUT2D eigenvalue weighted by molar-refractivity contribution is -0.135. The second-order valence-electron chi connectivity index (χ2n) is 3.22. The molecular formula is C9H11ClF3N3. The summed E-state index contributed by atoms with van der Waals surface area (Å²) in [5.74, 6) is 0.448. The zero-order valence-corrected chi connectivity index (χ0v) is 9.15. The molecule has 0 aromatic carbocycles. The number of nitrogens with one attached hydrogen (secondary N) is 1. The van der Waals surface area contributed by atoms with Crippen molar-refractivity contribution in [2.24, 2.45) is 0 Å². The fourth-order valence-electron chi connectivity index (χ4n) is 1.10. The highest BCUT2D eigenvalue weighted by Crippen LogP contribution is 2.22. The summed E-state index contributed by atoms with van der Waals surface area (Å²) in [5.41, 5.74) is 0. The molecule has 7 heteroatoms. The molecule has 0 unspecified atom stereocenters. The Bertz CT molecular complexity index is 330. The summed E-state index contributed by atoms with van der Waals surface area (Å²) in [4.78, 5) is 7.54. The lowest BCUT2D eigenvalue weighted by atomic mass is 10.2. The van der Waals surface area contributed by atoms with Crippen molar-refractivity contribution in [1.29, 1.82) is 0 Å². The van der Waals surface area contributed by atoms with E-state index in [1.165, 1.54) is 12.5 Å². The lowest BCUT2D eigenvalue weighted by Crippen LogP contribution is -2.09. The van der Waals surface area contributed by atoms with Gasteiger partial charge in [-0.1, -0.05) is 11.6 Å². The SMILES string of the molecule is FC(F)(F)CCCCNc1ncncc1Cl. The van der Waals surface area contributed by atoms with Gasteiger partial charge in [0.2, 0.25) is 0 Å². The highest BCUT2D eigenvalue weighted by molar-refractivity contribution is 6.32. The van der Waals surface area contributed by atoms with Crippen LogP contribution in [0.5, 0.6) is 0 Å². The molecule has 0 radical (unpaired) electrons. The van der Waals surface area contributed by atoms with Crippen LogP contribution in [0.15, 0.2) is 12.5 Å². The molecule has 0 aliphatic rings. The van der Waals surface area contributed by atoms with Crippen LogP contribution in [-0.2, 0) is 0 Å². The number of aromatic nitrogens is 2. The maximum absolute atomic E-state index is 11.8. The zero-order chi connectivity index (χ0) is 12.0. The van der Waals surface area contributed by atoms with E-state index in [1.807, 2.05) is 0 Å². The topological polar surface area (TPSA) is 37.8 Å². The van der Waals surface area contributed by atoms with Gasteiger partial charge >= 0.3 is 6.18 Å². The minimum Gasteiger partial charge on any atom is -0.369 e. The molecule has 0 aliphatic heterocycles. The molecular weight excluding hydrogens is 243 g/mol. The molecule has 16 heavy (non-hydrogen) atoms. The Morgan fingerprint density at radius 3 is 2.69 bits per heavy atom. The van der Waals surface area contributed by atoms with E-state index in [2.05, 4.69) is 15.3 Å². The molecule has 1 rings (SSSR count). The smallest absolute Gasteiger partial charge is 0.369 e. The third-order valence-electron chi connectivity index (χ3n) is 1.85. The maximum Gasteiger partial charge on any atom is 0.389 e. The molecule has 0 aliphatic carbocycles. The highest BCUT2D eigenvalue weighted by Gasteiger charge is 2.25. The van der Waals surface area contributed by atoms with Crippen molar-refractivity contribution in [3.63, 3.8) is 0 Å². The van der Waals surface area contributed by atoms with Gasteiger partial charge in [0, 0.05) is 13.0 Å². The Labute approximate surface area is 96.0 Å². The van der Waals surface area contributed by atoms with Gasteiger partial charge in [-0.05, 0) is 12.8 Å². The normalized spacial score (nSPS) is 11.5. The summed E-state index contributed by atoms with van der Waals surface area (Å²) < 4.78 is 35.4. The van der Waals surface area contributed by atoms with Gasteiger partial charge in [0.05, 0.1) is 6.20 Å². The molecule has 1 aromatic heterocycles. The molecule has 0 saturated carbocycles. The highest BCUT2D eigenvalue weighted by atomic mass is 35.5. The number of halogens is 4. The summed E-state index contributed by atoms with van der Waals surface area (Å²) in [6.45, 7) is 0.410. The van der Waals surface area contributed by atoms with Crippen molar-refractivity contribution in [3.05, 3.63) is 17.5 Å². The van der Waals surface area contributed by atoms with Crippen molar-refractivity contribution >= 4 is 17.4 Å². The van der Waals surface area contributed by atoms with Crippen LogP contribution in [0.25, 0.3) is 0 Å². The van der Waals surface area contributed by atoms with Crippen LogP contribution < -0.4 is 5.32 Å². The van der Waals surface area contributed by atoms with Gasteiger partial charge in [-0.3, -0.25) is 0 Å². The Balaban J connectivity index is 2.19. The standard InChI is InChI=1S/C9H11ClF3N3/c10-7-5-14-6-16-8(7)15-4-2-1-3-9(11,12)13/h5-6H,1-4H2,(H,14,15,16). The van der Waals surface area contributed by atoms with E-state index in [0.29, 0.717) is 23.8 Å². The van der Waals surface area contributed by atoms with Crippen molar-refractivity contribution in [1.82, 2.24) is 9.97 Å². The first kappa shape index (κ1) is 13.0. The first-order chi connectivity index (χ1) is 7.49. The van der Waals surface area contributed by atoms with Crippen LogP contribution in [0.3, 0.4) is 0 Å². The van der Waals surface area contributed by atoms with Crippen molar-refractivity contribution < 1.29 is 13.2 Å². The third-order valence-corrected chi connectivity index (χ3v) is 2.12. The largest absolute Gasteiger partial charge is 0.389 e. The predicted octanol–water partition coefficient (Wildman–Crippen LogP) is 3.27. The number of nitrogens with zero attached hydrogens (tertiary/aromatic N) is 2. The van der Waals surface area contributed by atoms with Crippen LogP contribution in [0, 0.1) is 0 Å². The minimum atomic E-state index is -4.08. The van der Waals surface area contributed by atoms with Gasteiger partial charge in [-0.2, -0.15) is 13.2 Å². The average molecular weight is 254 g/mol. The van der Waals surface area contributed by atoms with E-state index < -0.39 is 12.6 Å². The number of anilines is 1. The predicted molar refractivity (Wildman–Crippen MR) is 55.4 cm³/mol. The fourth-order valence-corrected chi connectivity index (χ4v) is 1.27. The van der Waals surface area contributed by atoms with Crippen molar-refractivity contribution in [2.75, 3.05) is 11.9 Å². The second kappa shape index (κ2) is 5.89. The Morgan fingerprint density at radius 2 is 2.06 bits per heavy atom. The molecule has 0 fully saturated rings. The van der Waals surface area contributed by atoms with E-state index in [1.54, 1.807) is 0 Å². The molecule has 0 amide bonds. The second-order valence-corrected chi connectivity index (χ2v) is 3.63. The number of hydrogen-bond acceptors (Lipinski definition) is 3. The van der Waals surface area contributed by atoms with Crippen LogP contribution in [0.4, 0.5) is 19.0 Å². The Morgan fingerprint density at radius 1 is 1.31 bits per heavy atom. The number of hydrogen-bond donors (Lipinski definition) is 1. The van der Waals surface area contributed by atoms with Crippen LogP contribution in [0.1, 0.15) is 19.3 Å². The monoisotopic (exact) mass is 253 g/mol. The van der Waals surface area contributed by atoms with Crippen molar-refractivity contribution in [3.8, 4) is 0 Å². The van der Waals surface area contributed by atoms with Crippen LogP contribution in [0.2, 0.25) is 5.02 Å². The first-order valence-electron chi connectivity index (χ1n) is 4.75. The molecule has 90 valence electrons. The molecule has 1 N–H and O–H groups in total. The number of rotatable bonds is 5. The van der Waals surface area contributed by atoms with E-state index in [0.717, 1.165) is 0 Å². The maximum atomic E-state index is 11.8. The van der Waals surface area contributed by atoms with Gasteiger partial charge in [0.25, 0.3) is 0 Å². The molecule has 3 nitrogen and oxygen atoms in total. The summed E-state index contributed by atoms with van der Waals surface area (Å²) >= 11 is 5.74. The summed E-state index contributed by atoms with van der Waals surface area (Å²) in [7, 11) is 0. The van der Waals surface area contributed by atoms with Crippen LogP contribution in [-0.4, -0.2) is 22.7 Å². The molecule has 0 spiro atoms. The quantitative estimate of drug-likeness (QED) is 0.819.